The Balaban J connectivity index is 1.02. The molecule has 4 heterocycles. The van der Waals surface area contributed by atoms with Crippen molar-refractivity contribution in [3.05, 3.63) is 64.3 Å². The number of aromatic nitrogens is 2. The number of carbonyl (C=O) groups is 1. The summed E-state index contributed by atoms with van der Waals surface area (Å²) in [4.78, 5) is 23.8. The lowest BCUT2D eigenvalue weighted by Crippen LogP contribution is -2.42. The second kappa shape index (κ2) is 11.0. The number of sulfonamides is 1. The molecule has 1 aromatic carbocycles. The molecule has 1 aliphatic carbocycles. The summed E-state index contributed by atoms with van der Waals surface area (Å²) in [5.74, 6) is -1.68. The number of benzene rings is 1. The van der Waals surface area contributed by atoms with Crippen molar-refractivity contribution in [1.82, 2.24) is 19.2 Å². The Labute approximate surface area is 240 Å². The number of hydrogen-bond acceptors (Lipinski definition) is 10. The van der Waals surface area contributed by atoms with Gasteiger partial charge in [-0.15, -0.1) is 0 Å². The van der Waals surface area contributed by atoms with Crippen molar-refractivity contribution in [2.75, 3.05) is 43.8 Å². The van der Waals surface area contributed by atoms with Gasteiger partial charge in [-0.2, -0.15) is 4.31 Å². The number of nitrogens with one attached hydrogen (secondary N) is 1. The molecule has 3 aromatic rings. The van der Waals surface area contributed by atoms with Crippen molar-refractivity contribution in [2.45, 2.75) is 36.2 Å². The van der Waals surface area contributed by atoms with Crippen LogP contribution in [0.25, 0.3) is 0 Å². The molecule has 0 spiro atoms. The van der Waals surface area contributed by atoms with Crippen molar-refractivity contribution in [3.8, 4) is 0 Å². The summed E-state index contributed by atoms with van der Waals surface area (Å²) >= 11 is 0.913. The molecule has 3 aliphatic rings. The fraction of sp³-hybridized carbons (Fsp3) is 0.444. The molecule has 0 amide bonds. The minimum atomic E-state index is -3.70. The Morgan fingerprint density at radius 3 is 2.41 bits per heavy atom. The predicted octanol–water partition coefficient (Wildman–Crippen LogP) is 2.33. The lowest BCUT2D eigenvalue weighted by atomic mass is 10.1. The smallest absolute Gasteiger partial charge is 0.244 e. The van der Waals surface area contributed by atoms with Gasteiger partial charge in [0.2, 0.25) is 15.8 Å². The third-order valence-corrected chi connectivity index (χ3v) is 11.2. The van der Waals surface area contributed by atoms with Crippen LogP contribution in [-0.2, 0) is 16.4 Å². The first kappa shape index (κ1) is 28.1. The second-order valence-corrected chi connectivity index (χ2v) is 13.8. The van der Waals surface area contributed by atoms with Gasteiger partial charge in [-0.05, 0) is 48.9 Å². The van der Waals surface area contributed by atoms with E-state index in [1.165, 1.54) is 16.6 Å². The SMILES string of the molecule is Nc1nc(NC2CCN(S(=O)(=O)c3ccc(CCN4C[C@@H]5C(N)[C@@H]5C4)nc3)CC2)sc1C(=O)c1c(F)cccc1F. The van der Waals surface area contributed by atoms with E-state index in [2.05, 4.69) is 20.2 Å². The van der Waals surface area contributed by atoms with E-state index >= 15 is 0 Å². The number of nitrogens with two attached hydrogens (primary N) is 2. The molecule has 10 nitrogen and oxygen atoms in total. The number of halogens is 2. The van der Waals surface area contributed by atoms with Crippen molar-refractivity contribution in [2.24, 2.45) is 17.6 Å². The maximum atomic E-state index is 14.1. The van der Waals surface area contributed by atoms with Crippen molar-refractivity contribution >= 4 is 38.1 Å². The van der Waals surface area contributed by atoms with Gasteiger partial charge in [0, 0.05) is 63.1 Å². The molecule has 1 unspecified atom stereocenters. The summed E-state index contributed by atoms with van der Waals surface area (Å²) in [5, 5.41) is 3.52. The molecule has 0 radical (unpaired) electrons. The highest BCUT2D eigenvalue weighted by molar-refractivity contribution is 7.89. The highest BCUT2D eigenvalue weighted by atomic mass is 32.2. The molecule has 2 aromatic heterocycles. The number of ketones is 1. The maximum Gasteiger partial charge on any atom is 0.244 e. The van der Waals surface area contributed by atoms with Crippen LogP contribution in [0.1, 0.15) is 33.8 Å². The third kappa shape index (κ3) is 5.58. The number of pyridine rings is 1. The summed E-state index contributed by atoms with van der Waals surface area (Å²) in [5.41, 5.74) is 12.1. The number of nitrogens with zero attached hydrogens (tertiary/aromatic N) is 4. The molecule has 3 fully saturated rings. The van der Waals surface area contributed by atoms with Gasteiger partial charge in [0.1, 0.15) is 27.2 Å². The van der Waals surface area contributed by atoms with E-state index in [0.29, 0.717) is 35.9 Å². The van der Waals surface area contributed by atoms with Gasteiger partial charge in [0.15, 0.2) is 5.13 Å². The first-order valence-electron chi connectivity index (χ1n) is 13.6. The van der Waals surface area contributed by atoms with E-state index in [0.717, 1.165) is 55.2 Å². The minimum absolute atomic E-state index is 0.0614. The Morgan fingerprint density at radius 1 is 1.10 bits per heavy atom. The number of anilines is 2. The van der Waals surface area contributed by atoms with Crippen LogP contribution in [0.15, 0.2) is 41.4 Å². The van der Waals surface area contributed by atoms with Gasteiger partial charge in [-0.3, -0.25) is 9.78 Å². The van der Waals surface area contributed by atoms with Crippen molar-refractivity contribution in [3.63, 3.8) is 0 Å². The topological polar surface area (TPSA) is 148 Å². The normalized spacial score (nSPS) is 23.4. The maximum absolute atomic E-state index is 14.1. The minimum Gasteiger partial charge on any atom is -0.382 e. The highest BCUT2D eigenvalue weighted by Crippen LogP contribution is 2.43. The number of fused-ring (bicyclic) bond motifs is 1. The Morgan fingerprint density at radius 2 is 1.78 bits per heavy atom. The number of hydrogen-bond donors (Lipinski definition) is 3. The number of rotatable bonds is 9. The number of piperidine rings is 2. The average Bonchev–Trinajstić information content (AvgIpc) is 3.26. The van der Waals surface area contributed by atoms with Crippen LogP contribution >= 0.6 is 11.3 Å². The molecule has 5 N–H and O–H groups in total. The molecule has 41 heavy (non-hydrogen) atoms. The van der Waals surface area contributed by atoms with Gasteiger partial charge >= 0.3 is 0 Å². The highest BCUT2D eigenvalue weighted by Gasteiger charge is 2.53. The van der Waals surface area contributed by atoms with Gasteiger partial charge < -0.3 is 21.7 Å². The molecule has 3 atom stereocenters. The first-order chi connectivity index (χ1) is 19.6. The zero-order valence-corrected chi connectivity index (χ0v) is 23.8. The largest absolute Gasteiger partial charge is 0.382 e. The second-order valence-electron chi connectivity index (χ2n) is 10.9. The van der Waals surface area contributed by atoms with Gasteiger partial charge in [-0.1, -0.05) is 17.4 Å². The zero-order chi connectivity index (χ0) is 28.9. The Hall–Kier alpha value is -3.04. The lowest BCUT2D eigenvalue weighted by Gasteiger charge is -2.31. The predicted molar refractivity (Wildman–Crippen MR) is 151 cm³/mol. The first-order valence-corrected chi connectivity index (χ1v) is 15.8. The monoisotopic (exact) mass is 603 g/mol. The summed E-state index contributed by atoms with van der Waals surface area (Å²) in [6, 6.07) is 6.84. The van der Waals surface area contributed by atoms with Gasteiger partial charge in [0.05, 0.1) is 5.56 Å². The third-order valence-electron chi connectivity index (χ3n) is 8.29. The van der Waals surface area contributed by atoms with Crippen LogP contribution in [0.2, 0.25) is 0 Å². The van der Waals surface area contributed by atoms with Crippen LogP contribution in [0.4, 0.5) is 19.7 Å². The van der Waals surface area contributed by atoms with Crippen molar-refractivity contribution < 1.29 is 22.0 Å². The summed E-state index contributed by atoms with van der Waals surface area (Å²) in [6.07, 6.45) is 3.19. The van der Waals surface area contributed by atoms with E-state index in [1.54, 1.807) is 12.1 Å². The van der Waals surface area contributed by atoms with Crippen LogP contribution in [0.5, 0.6) is 0 Å². The molecule has 1 saturated carbocycles. The lowest BCUT2D eigenvalue weighted by molar-refractivity contribution is 0.103. The van der Waals surface area contributed by atoms with E-state index in [9.17, 15) is 22.0 Å². The fourth-order valence-electron chi connectivity index (χ4n) is 5.78. The van der Waals surface area contributed by atoms with Crippen LogP contribution < -0.4 is 16.8 Å². The molecule has 14 heteroatoms. The van der Waals surface area contributed by atoms with Crippen LogP contribution in [-0.4, -0.2) is 78.2 Å². The molecular formula is C27H31F2N7O3S2. The van der Waals surface area contributed by atoms with E-state index in [-0.39, 0.29) is 34.7 Å². The molecule has 218 valence electrons. The van der Waals surface area contributed by atoms with Gasteiger partial charge in [-0.25, -0.2) is 22.2 Å². The van der Waals surface area contributed by atoms with E-state index < -0.39 is 33.0 Å². The van der Waals surface area contributed by atoms with E-state index in [4.69, 9.17) is 11.5 Å². The van der Waals surface area contributed by atoms with Crippen LogP contribution in [0.3, 0.4) is 0 Å². The van der Waals surface area contributed by atoms with E-state index in [1.807, 2.05) is 0 Å². The fourth-order valence-corrected chi connectivity index (χ4v) is 8.10. The number of likely N-dealkylation sites (tertiary alicyclic amines) is 1. The number of thiazole rings is 1. The number of nitrogen functional groups attached to an aromatic ring is 1. The Kier molecular flexibility index (Phi) is 7.53. The Bertz CT molecular complexity index is 1530. The summed E-state index contributed by atoms with van der Waals surface area (Å²) in [6.45, 7) is 3.53. The molecule has 0 bridgehead atoms. The molecule has 6 rings (SSSR count). The van der Waals surface area contributed by atoms with Crippen LogP contribution in [0, 0.1) is 23.5 Å². The molecular weight excluding hydrogens is 572 g/mol. The summed E-state index contributed by atoms with van der Waals surface area (Å²) < 4.78 is 56.1. The average molecular weight is 604 g/mol. The standard InChI is InChI=1S/C27H31F2N7O3S2/c28-20-2-1-3-21(29)22(20)24(37)25-26(31)34-27(40-25)33-16-7-10-36(11-8-16)41(38,39)17-5-4-15(32-12-17)6-9-35-13-18-19(14-35)23(18)30/h1-5,12,16,18-19,23H,6-11,13-14,30-31H2,(H,33,34)/t18-,19+,23?. The van der Waals surface area contributed by atoms with Crippen molar-refractivity contribution in [1.29, 1.82) is 0 Å². The van der Waals surface area contributed by atoms with Gasteiger partial charge in [0.25, 0.3) is 0 Å². The summed E-state index contributed by atoms with van der Waals surface area (Å²) in [7, 11) is -3.70. The quantitative estimate of drug-likeness (QED) is 0.314. The number of carbonyl (C=O) groups excluding carboxylic acids is 1. The molecule has 2 saturated heterocycles. The zero-order valence-electron chi connectivity index (χ0n) is 22.2. The molecule has 2 aliphatic heterocycles.